The van der Waals surface area contributed by atoms with E-state index in [1.165, 1.54) is 0 Å². The lowest BCUT2D eigenvalue weighted by molar-refractivity contribution is -0.128. The van der Waals surface area contributed by atoms with Crippen LogP contribution in [-0.4, -0.2) is 23.2 Å². The van der Waals surface area contributed by atoms with E-state index >= 15 is 0 Å². The van der Waals surface area contributed by atoms with Gasteiger partial charge in [0.05, 0.1) is 12.1 Å². The Morgan fingerprint density at radius 1 is 1.37 bits per heavy atom. The molecule has 1 fully saturated rings. The third-order valence-corrected chi connectivity index (χ3v) is 4.69. The lowest BCUT2D eigenvalue weighted by Gasteiger charge is -2.39. The Labute approximate surface area is 118 Å². The second kappa shape index (κ2) is 7.88. The quantitative estimate of drug-likeness (QED) is 0.745. The summed E-state index contributed by atoms with van der Waals surface area (Å²) in [6.45, 7) is 6.56. The number of hydrogen-bond donors (Lipinski definition) is 2. The molecule has 1 amide bonds. The van der Waals surface area contributed by atoms with Crippen LogP contribution in [0.25, 0.3) is 0 Å². The number of rotatable bonds is 7. The van der Waals surface area contributed by atoms with Crippen molar-refractivity contribution in [3.05, 3.63) is 0 Å². The molecule has 3 heteroatoms. The number of carbonyl (C=O) groups is 1. The second-order valence-corrected chi connectivity index (χ2v) is 6.36. The molecule has 3 nitrogen and oxygen atoms in total. The van der Waals surface area contributed by atoms with Crippen molar-refractivity contribution in [1.82, 2.24) is 5.32 Å². The van der Waals surface area contributed by atoms with E-state index in [4.69, 9.17) is 0 Å². The van der Waals surface area contributed by atoms with Crippen LogP contribution in [0.1, 0.15) is 72.1 Å². The van der Waals surface area contributed by atoms with Gasteiger partial charge >= 0.3 is 0 Å². The lowest BCUT2D eigenvalue weighted by atomic mass is 9.77. The summed E-state index contributed by atoms with van der Waals surface area (Å²) in [7, 11) is 0. The first-order chi connectivity index (χ1) is 9.06. The highest BCUT2D eigenvalue weighted by Gasteiger charge is 2.36. The molecule has 1 aliphatic rings. The third-order valence-electron chi connectivity index (χ3n) is 4.69. The Kier molecular flexibility index (Phi) is 6.84. The Hall–Kier alpha value is -0.570. The topological polar surface area (TPSA) is 49.3 Å². The fraction of sp³-hybridized carbons (Fsp3) is 0.938. The molecule has 0 heterocycles. The number of hydrogen-bond acceptors (Lipinski definition) is 2. The van der Waals surface area contributed by atoms with Gasteiger partial charge in [0.1, 0.15) is 0 Å². The second-order valence-electron chi connectivity index (χ2n) is 6.36. The van der Waals surface area contributed by atoms with Crippen LogP contribution in [0.4, 0.5) is 0 Å². The SMILES string of the molecule is CCCCC(CC)C(=O)NC1(CO)CCC(C)CC1. The zero-order chi connectivity index (χ0) is 14.3. The maximum Gasteiger partial charge on any atom is 0.223 e. The average molecular weight is 269 g/mol. The van der Waals surface area contributed by atoms with Gasteiger partial charge < -0.3 is 10.4 Å². The normalized spacial score (nSPS) is 28.9. The molecule has 1 saturated carbocycles. The van der Waals surface area contributed by atoms with Gasteiger partial charge in [0.15, 0.2) is 0 Å². The van der Waals surface area contributed by atoms with Gasteiger partial charge in [0.25, 0.3) is 0 Å². The van der Waals surface area contributed by atoms with Gasteiger partial charge in [-0.1, -0.05) is 33.6 Å². The van der Waals surface area contributed by atoms with Crippen LogP contribution in [0.2, 0.25) is 0 Å². The molecule has 0 spiro atoms. The van der Waals surface area contributed by atoms with Gasteiger partial charge in [0, 0.05) is 5.92 Å². The number of carbonyl (C=O) groups excluding carboxylic acids is 1. The highest BCUT2D eigenvalue weighted by atomic mass is 16.3. The van der Waals surface area contributed by atoms with Crippen molar-refractivity contribution < 1.29 is 9.90 Å². The minimum atomic E-state index is -0.344. The van der Waals surface area contributed by atoms with Crippen molar-refractivity contribution in [1.29, 1.82) is 0 Å². The molecule has 1 atom stereocenters. The van der Waals surface area contributed by atoms with E-state index in [9.17, 15) is 9.90 Å². The number of unbranched alkanes of at least 4 members (excludes halogenated alkanes) is 1. The van der Waals surface area contributed by atoms with Gasteiger partial charge in [-0.2, -0.15) is 0 Å². The summed E-state index contributed by atoms with van der Waals surface area (Å²) in [6, 6.07) is 0. The number of amides is 1. The number of aliphatic hydroxyl groups excluding tert-OH is 1. The smallest absolute Gasteiger partial charge is 0.223 e. The van der Waals surface area contributed by atoms with E-state index in [1.807, 2.05) is 0 Å². The summed E-state index contributed by atoms with van der Waals surface area (Å²) < 4.78 is 0. The van der Waals surface area contributed by atoms with Crippen LogP contribution in [-0.2, 0) is 4.79 Å². The van der Waals surface area contributed by atoms with Crippen LogP contribution in [0.3, 0.4) is 0 Å². The summed E-state index contributed by atoms with van der Waals surface area (Å²) in [4.78, 5) is 12.4. The van der Waals surface area contributed by atoms with Crippen LogP contribution < -0.4 is 5.32 Å². The number of aliphatic hydroxyl groups is 1. The van der Waals surface area contributed by atoms with Gasteiger partial charge in [-0.25, -0.2) is 0 Å². The maximum absolute atomic E-state index is 12.4. The Bertz CT molecular complexity index is 270. The Morgan fingerprint density at radius 2 is 2.00 bits per heavy atom. The number of nitrogens with one attached hydrogen (secondary N) is 1. The highest BCUT2D eigenvalue weighted by molar-refractivity contribution is 5.79. The Balaban J connectivity index is 2.56. The summed E-state index contributed by atoms with van der Waals surface area (Å²) in [5.41, 5.74) is -0.344. The minimum absolute atomic E-state index is 0.0790. The molecule has 0 aliphatic heterocycles. The predicted molar refractivity (Wildman–Crippen MR) is 78.9 cm³/mol. The van der Waals surface area contributed by atoms with Crippen molar-refractivity contribution in [2.45, 2.75) is 77.7 Å². The molecule has 1 rings (SSSR count). The Morgan fingerprint density at radius 3 is 2.47 bits per heavy atom. The van der Waals surface area contributed by atoms with Crippen molar-refractivity contribution in [2.24, 2.45) is 11.8 Å². The van der Waals surface area contributed by atoms with E-state index in [2.05, 4.69) is 26.1 Å². The summed E-state index contributed by atoms with van der Waals surface area (Å²) >= 11 is 0. The zero-order valence-electron chi connectivity index (χ0n) is 12.9. The summed E-state index contributed by atoms with van der Waals surface area (Å²) in [5.74, 6) is 0.987. The van der Waals surface area contributed by atoms with Crippen LogP contribution >= 0.6 is 0 Å². The van der Waals surface area contributed by atoms with Crippen molar-refractivity contribution >= 4 is 5.91 Å². The molecule has 0 aromatic carbocycles. The average Bonchev–Trinajstić information content (AvgIpc) is 2.42. The molecule has 0 aromatic rings. The van der Waals surface area contributed by atoms with E-state index in [-0.39, 0.29) is 24.0 Å². The largest absolute Gasteiger partial charge is 0.394 e. The molecule has 0 bridgehead atoms. The van der Waals surface area contributed by atoms with Crippen LogP contribution in [0.15, 0.2) is 0 Å². The molecule has 0 saturated heterocycles. The molecule has 2 N–H and O–H groups in total. The van der Waals surface area contributed by atoms with E-state index in [0.717, 1.165) is 57.3 Å². The molecule has 0 radical (unpaired) electrons. The molecular weight excluding hydrogens is 238 g/mol. The minimum Gasteiger partial charge on any atom is -0.394 e. The first-order valence-corrected chi connectivity index (χ1v) is 7.99. The van der Waals surface area contributed by atoms with Gasteiger partial charge in [-0.15, -0.1) is 0 Å². The van der Waals surface area contributed by atoms with Gasteiger partial charge in [-0.05, 0) is 44.4 Å². The van der Waals surface area contributed by atoms with Gasteiger partial charge in [0.2, 0.25) is 5.91 Å². The fourth-order valence-electron chi connectivity index (χ4n) is 2.97. The highest BCUT2D eigenvalue weighted by Crippen LogP contribution is 2.32. The fourth-order valence-corrected chi connectivity index (χ4v) is 2.97. The van der Waals surface area contributed by atoms with Crippen molar-refractivity contribution in [3.63, 3.8) is 0 Å². The molecule has 1 aliphatic carbocycles. The predicted octanol–water partition coefficient (Wildman–Crippen LogP) is 3.26. The maximum atomic E-state index is 12.4. The first-order valence-electron chi connectivity index (χ1n) is 7.99. The first kappa shape index (κ1) is 16.5. The molecule has 0 aromatic heterocycles. The van der Waals surface area contributed by atoms with E-state index < -0.39 is 0 Å². The zero-order valence-corrected chi connectivity index (χ0v) is 12.9. The van der Waals surface area contributed by atoms with E-state index in [0.29, 0.717) is 0 Å². The molecular formula is C16H31NO2. The monoisotopic (exact) mass is 269 g/mol. The van der Waals surface area contributed by atoms with Crippen LogP contribution in [0.5, 0.6) is 0 Å². The van der Waals surface area contributed by atoms with E-state index in [1.54, 1.807) is 0 Å². The summed E-state index contributed by atoms with van der Waals surface area (Å²) in [6.07, 6.45) is 8.14. The van der Waals surface area contributed by atoms with Crippen molar-refractivity contribution in [3.8, 4) is 0 Å². The van der Waals surface area contributed by atoms with Crippen LogP contribution in [0, 0.1) is 11.8 Å². The van der Waals surface area contributed by atoms with Gasteiger partial charge in [-0.3, -0.25) is 4.79 Å². The lowest BCUT2D eigenvalue weighted by Crippen LogP contribution is -2.54. The molecule has 19 heavy (non-hydrogen) atoms. The molecule has 1 unspecified atom stereocenters. The van der Waals surface area contributed by atoms with Crippen molar-refractivity contribution in [2.75, 3.05) is 6.61 Å². The summed E-state index contributed by atoms with van der Waals surface area (Å²) in [5, 5.41) is 12.9. The third kappa shape index (κ3) is 4.79. The standard InChI is InChI=1S/C16H31NO2/c1-4-6-7-14(5-2)15(19)17-16(12-18)10-8-13(3)9-11-16/h13-14,18H,4-12H2,1-3H3,(H,17,19). The molecule has 112 valence electrons.